The Bertz CT molecular complexity index is 574. The first kappa shape index (κ1) is 15.6. The first-order valence-electron chi connectivity index (χ1n) is 6.93. The lowest BCUT2D eigenvalue weighted by Gasteiger charge is -2.28. The van der Waals surface area contributed by atoms with E-state index < -0.39 is 11.6 Å². The summed E-state index contributed by atoms with van der Waals surface area (Å²) in [6.07, 6.45) is -0.355. The van der Waals surface area contributed by atoms with Crippen LogP contribution >= 0.6 is 0 Å². The smallest absolute Gasteiger partial charge is 0.131 e. The molecule has 0 bridgehead atoms. The van der Waals surface area contributed by atoms with Crippen LogP contribution in [0.1, 0.15) is 30.2 Å². The lowest BCUT2D eigenvalue weighted by molar-refractivity contribution is 0.0669. The first-order chi connectivity index (χ1) is 10.2. The van der Waals surface area contributed by atoms with Gasteiger partial charge in [-0.1, -0.05) is 43.3 Å². The van der Waals surface area contributed by atoms with E-state index in [-0.39, 0.29) is 12.1 Å². The van der Waals surface area contributed by atoms with Crippen LogP contribution < -0.4 is 5.32 Å². The quantitative estimate of drug-likeness (QED) is 0.868. The lowest BCUT2D eigenvalue weighted by atomic mass is 9.95. The van der Waals surface area contributed by atoms with Crippen molar-refractivity contribution in [1.82, 2.24) is 5.32 Å². The van der Waals surface area contributed by atoms with Crippen molar-refractivity contribution in [1.29, 1.82) is 0 Å². The minimum atomic E-state index is -0.583. The molecule has 2 aromatic carbocycles. The molecule has 21 heavy (non-hydrogen) atoms. The Morgan fingerprint density at radius 2 is 1.81 bits per heavy atom. The van der Waals surface area contributed by atoms with Gasteiger partial charge in [0.05, 0.1) is 6.04 Å². The maximum Gasteiger partial charge on any atom is 0.131 e. The van der Waals surface area contributed by atoms with Gasteiger partial charge in [0, 0.05) is 18.7 Å². The number of hydrogen-bond acceptors (Lipinski definition) is 2. The van der Waals surface area contributed by atoms with Gasteiger partial charge in [-0.25, -0.2) is 8.78 Å². The van der Waals surface area contributed by atoms with Crippen molar-refractivity contribution in [2.45, 2.75) is 19.1 Å². The van der Waals surface area contributed by atoms with E-state index in [1.54, 1.807) is 7.11 Å². The third-order valence-electron chi connectivity index (χ3n) is 3.41. The van der Waals surface area contributed by atoms with Gasteiger partial charge in [-0.2, -0.15) is 0 Å². The molecule has 2 unspecified atom stereocenters. The number of methoxy groups -OCH3 is 1. The number of benzene rings is 2. The minimum Gasteiger partial charge on any atom is -0.375 e. The molecule has 2 atom stereocenters. The molecular weight excluding hydrogens is 272 g/mol. The molecule has 0 fully saturated rings. The fourth-order valence-electron chi connectivity index (χ4n) is 2.46. The Morgan fingerprint density at radius 3 is 2.38 bits per heavy atom. The molecular formula is C17H19F2NO. The summed E-state index contributed by atoms with van der Waals surface area (Å²) in [5.41, 5.74) is 1.34. The third kappa shape index (κ3) is 3.65. The van der Waals surface area contributed by atoms with Crippen molar-refractivity contribution in [3.05, 3.63) is 71.3 Å². The number of likely N-dealkylation sites (N-methyl/N-ethyl adjacent to an activating group) is 1. The monoisotopic (exact) mass is 291 g/mol. The molecule has 2 rings (SSSR count). The molecule has 2 aromatic rings. The van der Waals surface area contributed by atoms with E-state index in [0.717, 1.165) is 11.6 Å². The molecule has 0 aromatic heterocycles. The molecule has 0 radical (unpaired) electrons. The van der Waals surface area contributed by atoms with Gasteiger partial charge in [0.2, 0.25) is 0 Å². The van der Waals surface area contributed by atoms with Crippen molar-refractivity contribution < 1.29 is 13.5 Å². The summed E-state index contributed by atoms with van der Waals surface area (Å²) in [5, 5.41) is 3.22. The van der Waals surface area contributed by atoms with Crippen molar-refractivity contribution >= 4 is 0 Å². The van der Waals surface area contributed by atoms with E-state index in [1.165, 1.54) is 12.1 Å². The van der Waals surface area contributed by atoms with E-state index in [2.05, 4.69) is 5.32 Å². The normalized spacial score (nSPS) is 13.9. The van der Waals surface area contributed by atoms with Gasteiger partial charge in [0.1, 0.15) is 17.7 Å². The van der Waals surface area contributed by atoms with Crippen LogP contribution in [0.5, 0.6) is 0 Å². The lowest BCUT2D eigenvalue weighted by Crippen LogP contribution is -2.29. The Morgan fingerprint density at radius 1 is 1.10 bits per heavy atom. The summed E-state index contributed by atoms with van der Waals surface area (Å²) >= 11 is 0. The molecule has 0 saturated heterocycles. The molecule has 0 aliphatic carbocycles. The van der Waals surface area contributed by atoms with Gasteiger partial charge in [-0.15, -0.1) is 0 Å². The molecule has 112 valence electrons. The Balaban J connectivity index is 2.41. The highest BCUT2D eigenvalue weighted by Gasteiger charge is 2.26. The summed E-state index contributed by atoms with van der Waals surface area (Å²) in [5.74, 6) is -1.15. The zero-order valence-electron chi connectivity index (χ0n) is 12.1. The molecule has 0 spiro atoms. The SMILES string of the molecule is CCNC(c1ccc(F)cc1F)C(OC)c1ccccc1. The number of halogens is 2. The van der Waals surface area contributed by atoms with Gasteiger partial charge >= 0.3 is 0 Å². The number of hydrogen-bond donors (Lipinski definition) is 1. The topological polar surface area (TPSA) is 21.3 Å². The second-order valence-corrected chi connectivity index (χ2v) is 4.77. The number of ether oxygens (including phenoxy) is 1. The summed E-state index contributed by atoms with van der Waals surface area (Å²) in [6, 6.07) is 12.8. The van der Waals surface area contributed by atoms with Crippen molar-refractivity contribution in [2.24, 2.45) is 0 Å². The Kier molecular flexibility index (Phi) is 5.42. The molecule has 0 heterocycles. The summed E-state index contributed by atoms with van der Waals surface area (Å²) in [4.78, 5) is 0. The van der Waals surface area contributed by atoms with Crippen LogP contribution in [-0.2, 0) is 4.74 Å². The van der Waals surface area contributed by atoms with Gasteiger partial charge in [-0.05, 0) is 18.2 Å². The highest BCUT2D eigenvalue weighted by atomic mass is 19.1. The fraction of sp³-hybridized carbons (Fsp3) is 0.294. The Hall–Kier alpha value is -1.78. The van der Waals surface area contributed by atoms with Crippen molar-refractivity contribution in [3.63, 3.8) is 0 Å². The van der Waals surface area contributed by atoms with Gasteiger partial charge in [0.15, 0.2) is 0 Å². The standard InChI is InChI=1S/C17H19F2NO/c1-3-20-16(14-10-9-13(18)11-15(14)19)17(21-2)12-7-5-4-6-8-12/h4-11,16-17,20H,3H2,1-2H3. The third-order valence-corrected chi connectivity index (χ3v) is 3.41. The molecule has 0 saturated carbocycles. The highest BCUT2D eigenvalue weighted by molar-refractivity contribution is 5.28. The fourth-order valence-corrected chi connectivity index (χ4v) is 2.46. The average Bonchev–Trinajstić information content (AvgIpc) is 2.48. The minimum absolute atomic E-state index is 0.355. The maximum atomic E-state index is 14.1. The Labute approximate surface area is 123 Å². The predicted molar refractivity (Wildman–Crippen MR) is 79.0 cm³/mol. The second kappa shape index (κ2) is 7.29. The highest BCUT2D eigenvalue weighted by Crippen LogP contribution is 2.33. The second-order valence-electron chi connectivity index (χ2n) is 4.77. The van der Waals surface area contributed by atoms with E-state index in [9.17, 15) is 8.78 Å². The predicted octanol–water partition coefficient (Wildman–Crippen LogP) is 4.00. The van der Waals surface area contributed by atoms with Crippen LogP contribution in [0.2, 0.25) is 0 Å². The summed E-state index contributed by atoms with van der Waals surface area (Å²) in [7, 11) is 1.59. The van der Waals surface area contributed by atoms with Crippen LogP contribution in [0.25, 0.3) is 0 Å². The van der Waals surface area contributed by atoms with E-state index in [4.69, 9.17) is 4.74 Å². The van der Waals surface area contributed by atoms with Crippen LogP contribution in [0.15, 0.2) is 48.5 Å². The molecule has 2 nitrogen and oxygen atoms in total. The molecule has 4 heteroatoms. The molecule has 0 aliphatic rings. The largest absolute Gasteiger partial charge is 0.375 e. The summed E-state index contributed by atoms with van der Waals surface area (Å²) in [6.45, 7) is 2.58. The zero-order chi connectivity index (χ0) is 15.2. The zero-order valence-corrected chi connectivity index (χ0v) is 12.1. The van der Waals surface area contributed by atoms with Crippen LogP contribution in [0, 0.1) is 11.6 Å². The van der Waals surface area contributed by atoms with E-state index in [0.29, 0.717) is 12.1 Å². The van der Waals surface area contributed by atoms with Crippen LogP contribution in [0.3, 0.4) is 0 Å². The van der Waals surface area contributed by atoms with Crippen LogP contribution in [0.4, 0.5) is 8.78 Å². The van der Waals surface area contributed by atoms with Gasteiger partial charge < -0.3 is 10.1 Å². The van der Waals surface area contributed by atoms with Gasteiger partial charge in [-0.3, -0.25) is 0 Å². The average molecular weight is 291 g/mol. The first-order valence-corrected chi connectivity index (χ1v) is 6.93. The van der Waals surface area contributed by atoms with Gasteiger partial charge in [0.25, 0.3) is 0 Å². The molecule has 1 N–H and O–H groups in total. The van der Waals surface area contributed by atoms with Crippen LogP contribution in [-0.4, -0.2) is 13.7 Å². The van der Waals surface area contributed by atoms with Crippen molar-refractivity contribution in [2.75, 3.05) is 13.7 Å². The number of nitrogens with one attached hydrogen (secondary N) is 1. The number of rotatable bonds is 6. The molecule has 0 amide bonds. The summed E-state index contributed by atoms with van der Waals surface area (Å²) < 4.78 is 32.8. The van der Waals surface area contributed by atoms with Crippen molar-refractivity contribution in [3.8, 4) is 0 Å². The van der Waals surface area contributed by atoms with E-state index >= 15 is 0 Å². The van der Waals surface area contributed by atoms with E-state index in [1.807, 2.05) is 37.3 Å². The maximum absolute atomic E-state index is 14.1. The molecule has 0 aliphatic heterocycles.